The SMILES string of the molecule is CNC(=O)C(C#N)=Cc1ccc(-c2ccc(C)c(Cl)c2)o1. The van der Waals surface area contributed by atoms with Gasteiger partial charge in [0.2, 0.25) is 0 Å². The van der Waals surface area contributed by atoms with Crippen molar-refractivity contribution in [3.8, 4) is 17.4 Å². The van der Waals surface area contributed by atoms with Gasteiger partial charge in [0.25, 0.3) is 5.91 Å². The molecule has 4 nitrogen and oxygen atoms in total. The van der Waals surface area contributed by atoms with Crippen molar-refractivity contribution in [1.82, 2.24) is 5.32 Å². The molecule has 0 saturated carbocycles. The zero-order valence-corrected chi connectivity index (χ0v) is 12.4. The van der Waals surface area contributed by atoms with Crippen LogP contribution in [0.1, 0.15) is 11.3 Å². The summed E-state index contributed by atoms with van der Waals surface area (Å²) in [6.45, 7) is 1.92. The number of furan rings is 1. The number of likely N-dealkylation sites (N-methyl/N-ethyl adjacent to an activating group) is 1. The van der Waals surface area contributed by atoms with Crippen LogP contribution in [0.5, 0.6) is 0 Å². The van der Waals surface area contributed by atoms with Crippen LogP contribution in [0.15, 0.2) is 40.3 Å². The zero-order valence-electron chi connectivity index (χ0n) is 11.6. The van der Waals surface area contributed by atoms with E-state index in [0.717, 1.165) is 11.1 Å². The average Bonchev–Trinajstić information content (AvgIpc) is 2.95. The van der Waals surface area contributed by atoms with E-state index in [0.29, 0.717) is 16.5 Å². The van der Waals surface area contributed by atoms with Crippen LogP contribution >= 0.6 is 11.6 Å². The first kappa shape index (κ1) is 14.9. The summed E-state index contributed by atoms with van der Waals surface area (Å²) in [5, 5.41) is 12.0. The standard InChI is InChI=1S/C16H13ClN2O2/c1-10-3-4-11(8-14(10)17)15-6-5-13(21-15)7-12(9-18)16(20)19-2/h3-8H,1-2H3,(H,19,20). The lowest BCUT2D eigenvalue weighted by atomic mass is 10.1. The van der Waals surface area contributed by atoms with E-state index in [-0.39, 0.29) is 5.57 Å². The number of nitrogens with one attached hydrogen (secondary N) is 1. The molecule has 21 heavy (non-hydrogen) atoms. The minimum absolute atomic E-state index is 0.0136. The number of benzene rings is 1. The predicted molar refractivity (Wildman–Crippen MR) is 81.5 cm³/mol. The van der Waals surface area contributed by atoms with E-state index in [1.807, 2.05) is 31.2 Å². The summed E-state index contributed by atoms with van der Waals surface area (Å²) in [5.41, 5.74) is 1.81. The van der Waals surface area contributed by atoms with Crippen molar-refractivity contribution >= 4 is 23.6 Å². The third-order valence-electron chi connectivity index (χ3n) is 2.96. The second-order valence-corrected chi connectivity index (χ2v) is 4.82. The number of hydrogen-bond acceptors (Lipinski definition) is 3. The Hall–Kier alpha value is -2.51. The molecule has 1 aromatic carbocycles. The summed E-state index contributed by atoms with van der Waals surface area (Å²) >= 11 is 6.09. The molecule has 2 rings (SSSR count). The van der Waals surface area contributed by atoms with E-state index in [1.54, 1.807) is 12.1 Å². The topological polar surface area (TPSA) is 66.0 Å². The molecule has 0 radical (unpaired) electrons. The summed E-state index contributed by atoms with van der Waals surface area (Å²) in [7, 11) is 1.47. The number of carbonyl (C=O) groups is 1. The third-order valence-corrected chi connectivity index (χ3v) is 3.37. The van der Waals surface area contributed by atoms with Crippen LogP contribution in [-0.4, -0.2) is 13.0 Å². The van der Waals surface area contributed by atoms with Crippen LogP contribution < -0.4 is 5.32 Å². The molecule has 1 aromatic heterocycles. The van der Waals surface area contributed by atoms with Gasteiger partial charge in [0, 0.05) is 23.7 Å². The Kier molecular flexibility index (Phi) is 4.46. The molecular weight excluding hydrogens is 288 g/mol. The second kappa shape index (κ2) is 6.29. The Balaban J connectivity index is 2.34. The fourth-order valence-electron chi connectivity index (χ4n) is 1.76. The van der Waals surface area contributed by atoms with E-state index in [4.69, 9.17) is 21.3 Å². The summed E-state index contributed by atoms with van der Waals surface area (Å²) in [6, 6.07) is 10.9. The maximum Gasteiger partial charge on any atom is 0.261 e. The van der Waals surface area contributed by atoms with Crippen LogP contribution in [0.4, 0.5) is 0 Å². The van der Waals surface area contributed by atoms with Crippen LogP contribution in [0.2, 0.25) is 5.02 Å². The number of nitriles is 1. The van der Waals surface area contributed by atoms with E-state index in [2.05, 4.69) is 5.32 Å². The van der Waals surface area contributed by atoms with E-state index in [1.165, 1.54) is 13.1 Å². The number of rotatable bonds is 3. The smallest absolute Gasteiger partial charge is 0.261 e. The third kappa shape index (κ3) is 3.33. The monoisotopic (exact) mass is 300 g/mol. The lowest BCUT2D eigenvalue weighted by Gasteiger charge is -2.01. The molecule has 1 N–H and O–H groups in total. The number of hydrogen-bond donors (Lipinski definition) is 1. The lowest BCUT2D eigenvalue weighted by molar-refractivity contribution is -0.116. The van der Waals surface area contributed by atoms with Crippen molar-refractivity contribution in [3.63, 3.8) is 0 Å². The highest BCUT2D eigenvalue weighted by molar-refractivity contribution is 6.31. The number of halogens is 1. The highest BCUT2D eigenvalue weighted by atomic mass is 35.5. The minimum Gasteiger partial charge on any atom is -0.457 e. The molecule has 2 aromatic rings. The van der Waals surface area contributed by atoms with Gasteiger partial charge >= 0.3 is 0 Å². The minimum atomic E-state index is -0.450. The van der Waals surface area contributed by atoms with E-state index < -0.39 is 5.91 Å². The molecule has 0 saturated heterocycles. The maximum atomic E-state index is 11.4. The summed E-state index contributed by atoms with van der Waals surface area (Å²) in [6.07, 6.45) is 1.40. The van der Waals surface area contributed by atoms with Crippen LogP contribution in [0.25, 0.3) is 17.4 Å². The van der Waals surface area contributed by atoms with Gasteiger partial charge in [-0.1, -0.05) is 23.7 Å². The van der Waals surface area contributed by atoms with Crippen LogP contribution in [0.3, 0.4) is 0 Å². The maximum absolute atomic E-state index is 11.4. The summed E-state index contributed by atoms with van der Waals surface area (Å²) in [5.74, 6) is 0.605. The van der Waals surface area contributed by atoms with Gasteiger partial charge in [-0.05, 0) is 30.7 Å². The average molecular weight is 301 g/mol. The van der Waals surface area contributed by atoms with Gasteiger partial charge in [-0.2, -0.15) is 5.26 Å². The highest BCUT2D eigenvalue weighted by Crippen LogP contribution is 2.27. The van der Waals surface area contributed by atoms with E-state index >= 15 is 0 Å². The predicted octanol–water partition coefficient (Wildman–Crippen LogP) is 3.56. The molecule has 0 aliphatic heterocycles. The Labute approximate surface area is 127 Å². The lowest BCUT2D eigenvalue weighted by Crippen LogP contribution is -2.18. The van der Waals surface area contributed by atoms with Crippen molar-refractivity contribution in [2.24, 2.45) is 0 Å². The Morgan fingerprint density at radius 2 is 2.14 bits per heavy atom. The molecule has 1 heterocycles. The van der Waals surface area contributed by atoms with Gasteiger partial charge in [-0.15, -0.1) is 0 Å². The van der Waals surface area contributed by atoms with Gasteiger partial charge < -0.3 is 9.73 Å². The number of carbonyl (C=O) groups excluding carboxylic acids is 1. The van der Waals surface area contributed by atoms with Gasteiger partial charge in [-0.3, -0.25) is 4.79 Å². The molecule has 5 heteroatoms. The Morgan fingerprint density at radius 3 is 2.76 bits per heavy atom. The molecule has 0 spiro atoms. The molecule has 1 amide bonds. The first-order valence-corrected chi connectivity index (χ1v) is 6.63. The first-order chi connectivity index (χ1) is 10.0. The van der Waals surface area contributed by atoms with Crippen molar-refractivity contribution in [3.05, 3.63) is 52.3 Å². The van der Waals surface area contributed by atoms with Crippen molar-refractivity contribution in [2.45, 2.75) is 6.92 Å². The summed E-state index contributed by atoms with van der Waals surface area (Å²) < 4.78 is 5.63. The Morgan fingerprint density at radius 1 is 1.38 bits per heavy atom. The molecule has 0 aliphatic carbocycles. The largest absolute Gasteiger partial charge is 0.457 e. The number of nitrogens with zero attached hydrogens (tertiary/aromatic N) is 1. The molecular formula is C16H13ClN2O2. The number of amides is 1. The van der Waals surface area contributed by atoms with Crippen molar-refractivity contribution < 1.29 is 9.21 Å². The van der Waals surface area contributed by atoms with Crippen LogP contribution in [-0.2, 0) is 4.79 Å². The zero-order chi connectivity index (χ0) is 15.4. The van der Waals surface area contributed by atoms with Gasteiger partial charge in [0.15, 0.2) is 0 Å². The highest BCUT2D eigenvalue weighted by Gasteiger charge is 2.09. The summed E-state index contributed by atoms with van der Waals surface area (Å²) in [4.78, 5) is 11.4. The molecule has 0 bridgehead atoms. The van der Waals surface area contributed by atoms with Gasteiger partial charge in [0.1, 0.15) is 23.2 Å². The van der Waals surface area contributed by atoms with Crippen molar-refractivity contribution in [2.75, 3.05) is 7.05 Å². The van der Waals surface area contributed by atoms with E-state index in [9.17, 15) is 4.79 Å². The number of aryl methyl sites for hydroxylation is 1. The quantitative estimate of drug-likeness (QED) is 0.696. The molecule has 0 unspecified atom stereocenters. The van der Waals surface area contributed by atoms with Crippen molar-refractivity contribution in [1.29, 1.82) is 5.26 Å². The fourth-order valence-corrected chi connectivity index (χ4v) is 1.94. The first-order valence-electron chi connectivity index (χ1n) is 6.25. The van der Waals surface area contributed by atoms with Crippen LogP contribution in [0, 0.1) is 18.3 Å². The normalized spacial score (nSPS) is 11.0. The van der Waals surface area contributed by atoms with Gasteiger partial charge in [-0.25, -0.2) is 0 Å². The molecule has 0 atom stereocenters. The molecule has 106 valence electrons. The Bertz CT molecular complexity index is 754. The van der Waals surface area contributed by atoms with Gasteiger partial charge in [0.05, 0.1) is 0 Å². The fraction of sp³-hybridized carbons (Fsp3) is 0.125. The second-order valence-electron chi connectivity index (χ2n) is 4.41. The molecule has 0 fully saturated rings. The molecule has 0 aliphatic rings.